The van der Waals surface area contributed by atoms with Crippen molar-refractivity contribution in [3.63, 3.8) is 0 Å². The van der Waals surface area contributed by atoms with Gasteiger partial charge in [0, 0.05) is 44.0 Å². The molecule has 134 valence electrons. The molecular weight excluding hydrogens is 324 g/mol. The van der Waals surface area contributed by atoms with Crippen molar-refractivity contribution >= 4 is 18.2 Å². The van der Waals surface area contributed by atoms with E-state index in [4.69, 9.17) is 4.74 Å². The van der Waals surface area contributed by atoms with Gasteiger partial charge in [-0.2, -0.15) is 0 Å². The molecule has 3 heterocycles. The molecule has 4 rings (SSSR count). The predicted molar refractivity (Wildman–Crippen MR) is 99.0 cm³/mol. The van der Waals surface area contributed by atoms with Gasteiger partial charge in [-0.05, 0) is 37.3 Å². The van der Waals surface area contributed by atoms with E-state index in [0.29, 0.717) is 18.1 Å². The second-order valence-electron chi connectivity index (χ2n) is 7.12. The van der Waals surface area contributed by atoms with Crippen molar-refractivity contribution < 1.29 is 4.74 Å². The van der Waals surface area contributed by atoms with Gasteiger partial charge in [0.2, 0.25) is 0 Å². The molecule has 24 heavy (non-hydrogen) atoms. The minimum atomic E-state index is 0. The molecular formula is C18H29ClN4O. The molecule has 4 atom stereocenters. The highest BCUT2D eigenvalue weighted by atomic mass is 35.5. The van der Waals surface area contributed by atoms with Crippen LogP contribution in [0.1, 0.15) is 25.7 Å². The standard InChI is InChI=1S/C18H28N4O.ClH/c1-2-8-20-18(6-1)22-10-7-14(12-22)21-16-5-3-4-15(16)17-13-23-11-9-19-17;/h1-2,6,8,14-17,19,21H,3-5,7,9-13H2;1H. The normalized spacial score (nSPS) is 33.4. The number of pyridine rings is 1. The van der Waals surface area contributed by atoms with Crippen molar-refractivity contribution in [2.45, 2.75) is 43.8 Å². The molecule has 0 radical (unpaired) electrons. The lowest BCUT2D eigenvalue weighted by molar-refractivity contribution is 0.0518. The van der Waals surface area contributed by atoms with Gasteiger partial charge < -0.3 is 20.3 Å². The van der Waals surface area contributed by atoms with E-state index >= 15 is 0 Å². The number of halogens is 1. The molecule has 1 aromatic heterocycles. The Labute approximate surface area is 151 Å². The van der Waals surface area contributed by atoms with Crippen LogP contribution in [0.4, 0.5) is 5.82 Å². The summed E-state index contributed by atoms with van der Waals surface area (Å²) in [5, 5.41) is 7.63. The second kappa shape index (κ2) is 8.48. The lowest BCUT2D eigenvalue weighted by Gasteiger charge is -2.34. The van der Waals surface area contributed by atoms with E-state index < -0.39 is 0 Å². The Morgan fingerprint density at radius 3 is 3.00 bits per heavy atom. The summed E-state index contributed by atoms with van der Waals surface area (Å²) in [4.78, 5) is 6.89. The Morgan fingerprint density at radius 2 is 2.21 bits per heavy atom. The van der Waals surface area contributed by atoms with Crippen LogP contribution in [0, 0.1) is 5.92 Å². The van der Waals surface area contributed by atoms with Gasteiger partial charge in [0.25, 0.3) is 0 Å². The van der Waals surface area contributed by atoms with Crippen molar-refractivity contribution in [3.05, 3.63) is 24.4 Å². The minimum absolute atomic E-state index is 0. The predicted octanol–water partition coefficient (Wildman–Crippen LogP) is 1.83. The van der Waals surface area contributed by atoms with Crippen LogP contribution in [0.25, 0.3) is 0 Å². The zero-order chi connectivity index (χ0) is 15.5. The van der Waals surface area contributed by atoms with E-state index in [0.717, 1.165) is 44.6 Å². The SMILES string of the molecule is Cl.c1ccc(N2CCC(NC3CCCC3C3COCCN3)C2)nc1. The summed E-state index contributed by atoms with van der Waals surface area (Å²) in [6, 6.07) is 7.94. The summed E-state index contributed by atoms with van der Waals surface area (Å²) in [5.41, 5.74) is 0. The quantitative estimate of drug-likeness (QED) is 0.865. The maximum Gasteiger partial charge on any atom is 0.128 e. The van der Waals surface area contributed by atoms with Gasteiger partial charge in [-0.25, -0.2) is 4.98 Å². The zero-order valence-electron chi connectivity index (χ0n) is 14.2. The zero-order valence-corrected chi connectivity index (χ0v) is 15.0. The Morgan fingerprint density at radius 1 is 1.25 bits per heavy atom. The summed E-state index contributed by atoms with van der Waals surface area (Å²) < 4.78 is 5.68. The maximum absolute atomic E-state index is 5.68. The highest BCUT2D eigenvalue weighted by Crippen LogP contribution is 2.30. The van der Waals surface area contributed by atoms with E-state index in [-0.39, 0.29) is 12.4 Å². The Hall–Kier alpha value is -0.880. The summed E-state index contributed by atoms with van der Waals surface area (Å²) >= 11 is 0. The molecule has 3 aliphatic rings. The first kappa shape index (κ1) is 17.9. The minimum Gasteiger partial charge on any atom is -0.379 e. The van der Waals surface area contributed by atoms with Crippen molar-refractivity contribution in [3.8, 4) is 0 Å². The van der Waals surface area contributed by atoms with Crippen LogP contribution < -0.4 is 15.5 Å². The molecule has 6 heteroatoms. The van der Waals surface area contributed by atoms with E-state index in [1.807, 2.05) is 12.3 Å². The number of aromatic nitrogens is 1. The monoisotopic (exact) mass is 352 g/mol. The van der Waals surface area contributed by atoms with E-state index in [9.17, 15) is 0 Å². The molecule has 0 spiro atoms. The van der Waals surface area contributed by atoms with E-state index in [2.05, 4.69) is 32.7 Å². The fraction of sp³-hybridized carbons (Fsp3) is 0.722. The lowest BCUT2D eigenvalue weighted by Crippen LogP contribution is -2.52. The molecule has 2 N–H and O–H groups in total. The number of nitrogens with zero attached hydrogens (tertiary/aromatic N) is 2. The maximum atomic E-state index is 5.68. The Bertz CT molecular complexity index is 497. The molecule has 1 aromatic rings. The van der Waals surface area contributed by atoms with Crippen LogP contribution in [0.3, 0.4) is 0 Å². The van der Waals surface area contributed by atoms with Gasteiger partial charge in [0.1, 0.15) is 5.82 Å². The first-order valence-corrected chi connectivity index (χ1v) is 9.13. The first-order valence-electron chi connectivity index (χ1n) is 9.13. The Kier molecular flexibility index (Phi) is 6.33. The van der Waals surface area contributed by atoms with Gasteiger partial charge in [-0.15, -0.1) is 12.4 Å². The third-order valence-corrected chi connectivity index (χ3v) is 5.65. The number of hydrogen-bond donors (Lipinski definition) is 2. The van der Waals surface area contributed by atoms with Gasteiger partial charge in [-0.3, -0.25) is 0 Å². The van der Waals surface area contributed by atoms with Crippen LogP contribution in [0.5, 0.6) is 0 Å². The summed E-state index contributed by atoms with van der Waals surface area (Å²) in [7, 11) is 0. The number of rotatable bonds is 4. The summed E-state index contributed by atoms with van der Waals surface area (Å²) in [5.74, 6) is 1.83. The van der Waals surface area contributed by atoms with Crippen molar-refractivity contribution in [2.75, 3.05) is 37.7 Å². The molecule has 5 nitrogen and oxygen atoms in total. The molecule has 4 unspecified atom stereocenters. The molecule has 0 amide bonds. The average Bonchev–Trinajstić information content (AvgIpc) is 3.26. The van der Waals surface area contributed by atoms with Crippen molar-refractivity contribution in [1.29, 1.82) is 0 Å². The molecule has 2 aliphatic heterocycles. The van der Waals surface area contributed by atoms with E-state index in [1.165, 1.54) is 25.7 Å². The number of nitrogens with one attached hydrogen (secondary N) is 2. The summed E-state index contributed by atoms with van der Waals surface area (Å²) in [6.07, 6.45) is 7.09. The molecule has 1 aliphatic carbocycles. The third kappa shape index (κ3) is 4.02. The smallest absolute Gasteiger partial charge is 0.128 e. The van der Waals surface area contributed by atoms with Crippen molar-refractivity contribution in [2.24, 2.45) is 5.92 Å². The fourth-order valence-electron chi connectivity index (χ4n) is 4.49. The highest BCUT2D eigenvalue weighted by Gasteiger charge is 2.36. The highest BCUT2D eigenvalue weighted by molar-refractivity contribution is 5.85. The third-order valence-electron chi connectivity index (χ3n) is 5.65. The number of anilines is 1. The van der Waals surface area contributed by atoms with Crippen molar-refractivity contribution in [1.82, 2.24) is 15.6 Å². The van der Waals surface area contributed by atoms with Crippen LogP contribution in [0.15, 0.2) is 24.4 Å². The van der Waals surface area contributed by atoms with Gasteiger partial charge in [0.05, 0.1) is 13.2 Å². The number of hydrogen-bond acceptors (Lipinski definition) is 5. The van der Waals surface area contributed by atoms with Gasteiger partial charge >= 0.3 is 0 Å². The number of ether oxygens (including phenoxy) is 1. The first-order chi connectivity index (χ1) is 11.4. The average molecular weight is 353 g/mol. The molecule has 0 aromatic carbocycles. The van der Waals surface area contributed by atoms with Crippen LogP contribution in [0.2, 0.25) is 0 Å². The summed E-state index contributed by atoms with van der Waals surface area (Å²) in [6.45, 7) is 4.94. The second-order valence-corrected chi connectivity index (χ2v) is 7.12. The van der Waals surface area contributed by atoms with Gasteiger partial charge in [0.15, 0.2) is 0 Å². The number of morpholine rings is 1. The van der Waals surface area contributed by atoms with Gasteiger partial charge in [-0.1, -0.05) is 12.5 Å². The molecule has 3 fully saturated rings. The topological polar surface area (TPSA) is 49.4 Å². The van der Waals surface area contributed by atoms with Crippen LogP contribution in [-0.4, -0.2) is 56.0 Å². The fourth-order valence-corrected chi connectivity index (χ4v) is 4.49. The van der Waals surface area contributed by atoms with Crippen LogP contribution >= 0.6 is 12.4 Å². The van der Waals surface area contributed by atoms with Crippen LogP contribution in [-0.2, 0) is 4.74 Å². The Balaban J connectivity index is 0.00000169. The van der Waals surface area contributed by atoms with E-state index in [1.54, 1.807) is 0 Å². The lowest BCUT2D eigenvalue weighted by atomic mass is 9.93. The molecule has 0 bridgehead atoms. The molecule has 2 saturated heterocycles. The largest absolute Gasteiger partial charge is 0.379 e. The molecule has 1 saturated carbocycles.